The number of nitrogens with zero attached hydrogens (tertiary/aromatic N) is 1. The molecule has 0 N–H and O–H groups in total. The number of fused-ring (bicyclic) bond motifs is 3. The standard InChI is InChI=1S/C11H8FNOS/c12-11-13-10-7-3-1-2-4-8(7)14-6-5-9(10)15-11/h1-4H,5-6H2. The van der Waals surface area contributed by atoms with Gasteiger partial charge in [-0.1, -0.05) is 23.5 Å². The highest BCUT2D eigenvalue weighted by Crippen LogP contribution is 2.36. The van der Waals surface area contributed by atoms with Gasteiger partial charge in [0.15, 0.2) is 0 Å². The number of aromatic nitrogens is 1. The molecule has 0 unspecified atom stereocenters. The van der Waals surface area contributed by atoms with Crippen LogP contribution in [-0.4, -0.2) is 11.6 Å². The van der Waals surface area contributed by atoms with Gasteiger partial charge in [0, 0.05) is 16.9 Å². The fraction of sp³-hybridized carbons (Fsp3) is 0.182. The van der Waals surface area contributed by atoms with Crippen LogP contribution in [0.3, 0.4) is 0 Å². The molecule has 2 heterocycles. The van der Waals surface area contributed by atoms with Gasteiger partial charge >= 0.3 is 0 Å². The van der Waals surface area contributed by atoms with Crippen molar-refractivity contribution in [2.45, 2.75) is 6.42 Å². The molecule has 3 rings (SSSR count). The largest absolute Gasteiger partial charge is 0.493 e. The van der Waals surface area contributed by atoms with E-state index in [1.165, 1.54) is 0 Å². The van der Waals surface area contributed by atoms with Gasteiger partial charge in [-0.15, -0.1) is 0 Å². The second-order valence-corrected chi connectivity index (χ2v) is 4.37. The number of para-hydroxylation sites is 1. The van der Waals surface area contributed by atoms with Crippen molar-refractivity contribution >= 4 is 11.3 Å². The number of rotatable bonds is 0. The van der Waals surface area contributed by atoms with Gasteiger partial charge < -0.3 is 4.74 Å². The van der Waals surface area contributed by atoms with Gasteiger partial charge in [-0.2, -0.15) is 4.39 Å². The number of hydrogen-bond donors (Lipinski definition) is 0. The second-order valence-electron chi connectivity index (χ2n) is 3.33. The van der Waals surface area contributed by atoms with Gasteiger partial charge in [-0.05, 0) is 12.1 Å². The monoisotopic (exact) mass is 221 g/mol. The summed E-state index contributed by atoms with van der Waals surface area (Å²) in [6.45, 7) is 0.589. The van der Waals surface area contributed by atoms with E-state index in [9.17, 15) is 4.39 Å². The minimum absolute atomic E-state index is 0.364. The third kappa shape index (κ3) is 1.41. The summed E-state index contributed by atoms with van der Waals surface area (Å²) in [5.74, 6) is 0.793. The van der Waals surface area contributed by atoms with Crippen LogP contribution in [0.5, 0.6) is 5.75 Å². The SMILES string of the molecule is Fc1nc2c(s1)CCOc1ccccc1-2. The van der Waals surface area contributed by atoms with Gasteiger partial charge in [-0.25, -0.2) is 4.98 Å². The molecule has 1 aromatic carbocycles. The zero-order valence-electron chi connectivity index (χ0n) is 7.87. The molecular formula is C11H8FNOS. The molecule has 0 saturated heterocycles. The van der Waals surface area contributed by atoms with Crippen molar-refractivity contribution < 1.29 is 9.13 Å². The summed E-state index contributed by atoms with van der Waals surface area (Å²) in [7, 11) is 0. The van der Waals surface area contributed by atoms with Crippen molar-refractivity contribution in [2.24, 2.45) is 0 Å². The van der Waals surface area contributed by atoms with Crippen molar-refractivity contribution in [3.8, 4) is 17.0 Å². The van der Waals surface area contributed by atoms with E-state index < -0.39 is 0 Å². The second kappa shape index (κ2) is 3.31. The molecule has 0 saturated carbocycles. The van der Waals surface area contributed by atoms with E-state index in [1.54, 1.807) is 0 Å². The molecule has 2 nitrogen and oxygen atoms in total. The smallest absolute Gasteiger partial charge is 0.269 e. The molecule has 2 aromatic rings. The third-order valence-electron chi connectivity index (χ3n) is 2.40. The highest BCUT2D eigenvalue weighted by molar-refractivity contribution is 7.10. The van der Waals surface area contributed by atoms with Crippen molar-refractivity contribution in [3.05, 3.63) is 34.4 Å². The molecule has 1 aromatic heterocycles. The predicted octanol–water partition coefficient (Wildman–Crippen LogP) is 2.88. The van der Waals surface area contributed by atoms with E-state index in [0.717, 1.165) is 39.6 Å². The fourth-order valence-corrected chi connectivity index (χ4v) is 2.52. The van der Waals surface area contributed by atoms with Crippen molar-refractivity contribution in [1.29, 1.82) is 0 Å². The summed E-state index contributed by atoms with van der Waals surface area (Å²) in [5.41, 5.74) is 1.63. The minimum Gasteiger partial charge on any atom is -0.493 e. The van der Waals surface area contributed by atoms with E-state index in [0.29, 0.717) is 6.61 Å². The highest BCUT2D eigenvalue weighted by atomic mass is 32.1. The molecule has 0 atom stereocenters. The van der Waals surface area contributed by atoms with E-state index in [2.05, 4.69) is 4.98 Å². The average molecular weight is 221 g/mol. The van der Waals surface area contributed by atoms with E-state index >= 15 is 0 Å². The Hall–Kier alpha value is -1.42. The first-order chi connectivity index (χ1) is 7.34. The lowest BCUT2D eigenvalue weighted by atomic mass is 10.1. The number of hydrogen-bond acceptors (Lipinski definition) is 3. The Morgan fingerprint density at radius 2 is 2.20 bits per heavy atom. The first-order valence-electron chi connectivity index (χ1n) is 4.72. The van der Waals surface area contributed by atoms with E-state index in [1.807, 2.05) is 24.3 Å². The lowest BCUT2D eigenvalue weighted by Crippen LogP contribution is -1.97. The predicted molar refractivity (Wildman–Crippen MR) is 56.7 cm³/mol. The Kier molecular flexibility index (Phi) is 1.95. The number of thiazole rings is 1. The van der Waals surface area contributed by atoms with Crippen molar-refractivity contribution in [1.82, 2.24) is 4.98 Å². The molecule has 4 heteroatoms. The number of halogens is 1. The maximum Gasteiger partial charge on any atom is 0.269 e. The van der Waals surface area contributed by atoms with E-state index in [-0.39, 0.29) is 5.26 Å². The van der Waals surface area contributed by atoms with Crippen LogP contribution in [0.15, 0.2) is 24.3 Å². The fourth-order valence-electron chi connectivity index (χ4n) is 1.74. The van der Waals surface area contributed by atoms with Gasteiger partial charge in [0.25, 0.3) is 5.26 Å². The number of ether oxygens (including phenoxy) is 1. The van der Waals surface area contributed by atoms with Crippen LogP contribution in [0.4, 0.5) is 4.39 Å². The summed E-state index contributed by atoms with van der Waals surface area (Å²) in [6.07, 6.45) is 0.728. The van der Waals surface area contributed by atoms with E-state index in [4.69, 9.17) is 4.74 Å². The maximum atomic E-state index is 13.1. The Labute approximate surface area is 90.4 Å². The van der Waals surface area contributed by atoms with Gasteiger partial charge in [0.2, 0.25) is 0 Å². The third-order valence-corrected chi connectivity index (χ3v) is 3.30. The molecule has 15 heavy (non-hydrogen) atoms. The molecule has 76 valence electrons. The van der Waals surface area contributed by atoms with Crippen molar-refractivity contribution in [2.75, 3.05) is 6.61 Å². The summed E-state index contributed by atoms with van der Waals surface area (Å²) in [4.78, 5) is 4.89. The topological polar surface area (TPSA) is 22.1 Å². The summed E-state index contributed by atoms with van der Waals surface area (Å²) in [5, 5.41) is -0.364. The molecule has 0 spiro atoms. The van der Waals surface area contributed by atoms with Crippen LogP contribution < -0.4 is 4.74 Å². The first-order valence-corrected chi connectivity index (χ1v) is 5.53. The van der Waals surface area contributed by atoms with Crippen LogP contribution in [0.2, 0.25) is 0 Å². The molecule has 1 aliphatic rings. The molecule has 0 amide bonds. The van der Waals surface area contributed by atoms with Gasteiger partial charge in [0.05, 0.1) is 12.3 Å². The molecule has 0 bridgehead atoms. The van der Waals surface area contributed by atoms with Crippen LogP contribution in [0.25, 0.3) is 11.3 Å². The Bertz CT molecular complexity index is 509. The van der Waals surface area contributed by atoms with Gasteiger partial charge in [-0.3, -0.25) is 0 Å². The molecule has 0 aliphatic carbocycles. The minimum atomic E-state index is -0.364. The summed E-state index contributed by atoms with van der Waals surface area (Å²) < 4.78 is 18.7. The average Bonchev–Trinajstić information content (AvgIpc) is 2.52. The molecular weight excluding hydrogens is 213 g/mol. The zero-order valence-corrected chi connectivity index (χ0v) is 8.68. The Balaban J connectivity index is 2.26. The summed E-state index contributed by atoms with van der Waals surface area (Å²) >= 11 is 1.11. The van der Waals surface area contributed by atoms with Crippen LogP contribution >= 0.6 is 11.3 Å². The zero-order chi connectivity index (χ0) is 10.3. The van der Waals surface area contributed by atoms with Crippen LogP contribution in [-0.2, 0) is 6.42 Å². The Morgan fingerprint density at radius 3 is 3.13 bits per heavy atom. The van der Waals surface area contributed by atoms with Crippen LogP contribution in [0, 0.1) is 5.26 Å². The normalized spacial score (nSPS) is 13.7. The Morgan fingerprint density at radius 1 is 1.33 bits per heavy atom. The van der Waals surface area contributed by atoms with Crippen molar-refractivity contribution in [3.63, 3.8) is 0 Å². The lowest BCUT2D eigenvalue weighted by molar-refractivity contribution is 0.327. The first kappa shape index (κ1) is 8.85. The molecule has 0 radical (unpaired) electrons. The van der Waals surface area contributed by atoms with Crippen LogP contribution in [0.1, 0.15) is 4.88 Å². The lowest BCUT2D eigenvalue weighted by Gasteiger charge is -2.04. The van der Waals surface area contributed by atoms with Gasteiger partial charge in [0.1, 0.15) is 5.75 Å². The highest BCUT2D eigenvalue weighted by Gasteiger charge is 2.19. The molecule has 1 aliphatic heterocycles. The number of benzene rings is 1. The summed E-state index contributed by atoms with van der Waals surface area (Å²) in [6, 6.07) is 7.63. The molecule has 0 fully saturated rings. The maximum absolute atomic E-state index is 13.1. The quantitative estimate of drug-likeness (QED) is 0.682.